The summed E-state index contributed by atoms with van der Waals surface area (Å²) in [5, 5.41) is 0. The number of benzene rings is 1. The van der Waals surface area contributed by atoms with Crippen LogP contribution >= 0.6 is 15.9 Å². The summed E-state index contributed by atoms with van der Waals surface area (Å²) < 4.78 is 6.56. The molecule has 0 saturated heterocycles. The second-order valence-corrected chi connectivity index (χ2v) is 6.48. The number of nitrogens with zero attached hydrogens (tertiary/aromatic N) is 2. The normalized spacial score (nSPS) is 11.0. The first-order valence-electron chi connectivity index (χ1n) is 7.16. The molecule has 118 valence electrons. The van der Waals surface area contributed by atoms with Gasteiger partial charge in [-0.25, -0.2) is 0 Å². The Balaban J connectivity index is 1.83. The van der Waals surface area contributed by atoms with Gasteiger partial charge in [-0.1, -0.05) is 28.1 Å². The Bertz CT molecular complexity index is 622. The number of aryl methyl sites for hydroxylation is 1. The molecule has 1 amide bonds. The summed E-state index contributed by atoms with van der Waals surface area (Å²) in [6.07, 6.45) is 0. The summed E-state index contributed by atoms with van der Waals surface area (Å²) >= 11 is 3.42. The monoisotopic (exact) mass is 364 g/mol. The first-order valence-corrected chi connectivity index (χ1v) is 7.95. The van der Waals surface area contributed by atoms with Crippen molar-refractivity contribution in [1.29, 1.82) is 0 Å². The Labute approximate surface area is 139 Å². The Kier molecular flexibility index (Phi) is 5.80. The molecule has 4 nitrogen and oxygen atoms in total. The van der Waals surface area contributed by atoms with Gasteiger partial charge in [-0.3, -0.25) is 9.69 Å². The SMILES string of the molecule is Cc1ccc(CN(C)C(=O)CN(C)Cc2ccc(Br)cc2)o1. The van der Waals surface area contributed by atoms with Crippen molar-refractivity contribution in [3.8, 4) is 0 Å². The van der Waals surface area contributed by atoms with Crippen molar-refractivity contribution < 1.29 is 9.21 Å². The molecule has 0 atom stereocenters. The van der Waals surface area contributed by atoms with Crippen LogP contribution in [0.15, 0.2) is 45.3 Å². The maximum Gasteiger partial charge on any atom is 0.236 e. The highest BCUT2D eigenvalue weighted by atomic mass is 79.9. The third kappa shape index (κ3) is 5.00. The van der Waals surface area contributed by atoms with Gasteiger partial charge in [0.2, 0.25) is 5.91 Å². The summed E-state index contributed by atoms with van der Waals surface area (Å²) in [5.41, 5.74) is 1.18. The summed E-state index contributed by atoms with van der Waals surface area (Å²) in [5.74, 6) is 1.75. The molecular formula is C17H21BrN2O2. The molecule has 0 aliphatic rings. The van der Waals surface area contributed by atoms with Crippen molar-refractivity contribution in [2.75, 3.05) is 20.6 Å². The van der Waals surface area contributed by atoms with Crippen molar-refractivity contribution in [1.82, 2.24) is 9.80 Å². The van der Waals surface area contributed by atoms with Crippen LogP contribution in [0.4, 0.5) is 0 Å². The van der Waals surface area contributed by atoms with Crippen LogP contribution in [0.3, 0.4) is 0 Å². The van der Waals surface area contributed by atoms with Gasteiger partial charge in [0.25, 0.3) is 0 Å². The average molecular weight is 365 g/mol. The number of hydrogen-bond acceptors (Lipinski definition) is 3. The minimum atomic E-state index is 0.0775. The van der Waals surface area contributed by atoms with Gasteiger partial charge in [-0.15, -0.1) is 0 Å². The van der Waals surface area contributed by atoms with Crippen molar-refractivity contribution in [2.24, 2.45) is 0 Å². The zero-order valence-corrected chi connectivity index (χ0v) is 14.8. The number of carbonyl (C=O) groups excluding carboxylic acids is 1. The minimum Gasteiger partial charge on any atom is -0.464 e. The first-order chi connectivity index (χ1) is 10.4. The molecule has 0 aliphatic heterocycles. The summed E-state index contributed by atoms with van der Waals surface area (Å²) in [7, 11) is 3.75. The molecule has 0 aliphatic carbocycles. The van der Waals surface area contributed by atoms with Gasteiger partial charge >= 0.3 is 0 Å². The van der Waals surface area contributed by atoms with E-state index in [-0.39, 0.29) is 5.91 Å². The number of halogens is 1. The van der Waals surface area contributed by atoms with Crippen LogP contribution < -0.4 is 0 Å². The Morgan fingerprint density at radius 2 is 1.77 bits per heavy atom. The van der Waals surface area contributed by atoms with Gasteiger partial charge in [0.15, 0.2) is 0 Å². The molecule has 2 aromatic rings. The predicted octanol–water partition coefficient (Wildman–Crippen LogP) is 3.44. The lowest BCUT2D eigenvalue weighted by molar-refractivity contribution is -0.131. The smallest absolute Gasteiger partial charge is 0.236 e. The molecule has 0 fully saturated rings. The molecule has 0 spiro atoms. The Morgan fingerprint density at radius 3 is 2.36 bits per heavy atom. The van der Waals surface area contributed by atoms with E-state index in [2.05, 4.69) is 28.1 Å². The lowest BCUT2D eigenvalue weighted by atomic mass is 10.2. The van der Waals surface area contributed by atoms with Crippen LogP contribution in [0.25, 0.3) is 0 Å². The van der Waals surface area contributed by atoms with E-state index in [0.29, 0.717) is 13.1 Å². The third-order valence-electron chi connectivity index (χ3n) is 3.39. The second kappa shape index (κ2) is 7.61. The van der Waals surface area contributed by atoms with Crippen LogP contribution in [-0.2, 0) is 17.9 Å². The van der Waals surface area contributed by atoms with E-state index < -0.39 is 0 Å². The van der Waals surface area contributed by atoms with E-state index in [1.54, 1.807) is 11.9 Å². The van der Waals surface area contributed by atoms with Crippen molar-refractivity contribution in [3.05, 3.63) is 58.0 Å². The van der Waals surface area contributed by atoms with Gasteiger partial charge in [0, 0.05) is 18.1 Å². The number of hydrogen-bond donors (Lipinski definition) is 0. The fraction of sp³-hybridized carbons (Fsp3) is 0.353. The van der Waals surface area contributed by atoms with Crippen molar-refractivity contribution >= 4 is 21.8 Å². The minimum absolute atomic E-state index is 0.0775. The van der Waals surface area contributed by atoms with Gasteiger partial charge in [-0.2, -0.15) is 0 Å². The predicted molar refractivity (Wildman–Crippen MR) is 90.4 cm³/mol. The molecule has 1 aromatic carbocycles. The molecule has 2 rings (SSSR count). The van der Waals surface area contributed by atoms with E-state index in [1.165, 1.54) is 5.56 Å². The van der Waals surface area contributed by atoms with E-state index >= 15 is 0 Å². The zero-order chi connectivity index (χ0) is 16.1. The molecular weight excluding hydrogens is 344 g/mol. The number of rotatable bonds is 6. The lowest BCUT2D eigenvalue weighted by Crippen LogP contribution is -2.35. The molecule has 0 unspecified atom stereocenters. The van der Waals surface area contributed by atoms with Crippen LogP contribution in [0.2, 0.25) is 0 Å². The average Bonchev–Trinajstić information content (AvgIpc) is 2.86. The second-order valence-electron chi connectivity index (χ2n) is 5.56. The number of carbonyl (C=O) groups is 1. The number of furan rings is 1. The fourth-order valence-corrected chi connectivity index (χ4v) is 2.47. The van der Waals surface area contributed by atoms with Crippen LogP contribution in [0.1, 0.15) is 17.1 Å². The molecule has 0 radical (unpaired) electrons. The van der Waals surface area contributed by atoms with Crippen LogP contribution in [0.5, 0.6) is 0 Å². The van der Waals surface area contributed by atoms with Gasteiger partial charge in [0.1, 0.15) is 11.5 Å². The van der Waals surface area contributed by atoms with Gasteiger partial charge in [-0.05, 0) is 43.8 Å². The zero-order valence-electron chi connectivity index (χ0n) is 13.2. The third-order valence-corrected chi connectivity index (χ3v) is 3.91. The number of amides is 1. The summed E-state index contributed by atoms with van der Waals surface area (Å²) in [6, 6.07) is 11.9. The molecule has 0 bridgehead atoms. The molecule has 0 saturated carbocycles. The highest BCUT2D eigenvalue weighted by Gasteiger charge is 2.13. The topological polar surface area (TPSA) is 36.7 Å². The van der Waals surface area contributed by atoms with Crippen molar-refractivity contribution in [2.45, 2.75) is 20.0 Å². The summed E-state index contributed by atoms with van der Waals surface area (Å²) in [6.45, 7) is 3.52. The fourth-order valence-electron chi connectivity index (χ4n) is 2.20. The van der Waals surface area contributed by atoms with Gasteiger partial charge < -0.3 is 9.32 Å². The van der Waals surface area contributed by atoms with E-state index in [0.717, 1.165) is 22.5 Å². The Hall–Kier alpha value is -1.59. The molecule has 1 heterocycles. The highest BCUT2D eigenvalue weighted by molar-refractivity contribution is 9.10. The Morgan fingerprint density at radius 1 is 1.09 bits per heavy atom. The highest BCUT2D eigenvalue weighted by Crippen LogP contribution is 2.12. The first kappa shape index (κ1) is 16.8. The van der Waals surface area contributed by atoms with Gasteiger partial charge in [0.05, 0.1) is 13.1 Å². The molecule has 1 aromatic heterocycles. The number of likely N-dealkylation sites (N-methyl/N-ethyl adjacent to an activating group) is 2. The maximum absolute atomic E-state index is 12.2. The maximum atomic E-state index is 12.2. The molecule has 5 heteroatoms. The lowest BCUT2D eigenvalue weighted by Gasteiger charge is -2.21. The van der Waals surface area contributed by atoms with E-state index in [1.807, 2.05) is 43.1 Å². The summed E-state index contributed by atoms with van der Waals surface area (Å²) in [4.78, 5) is 15.9. The van der Waals surface area contributed by atoms with E-state index in [4.69, 9.17) is 4.42 Å². The standard InChI is InChI=1S/C17H21BrN2O2/c1-13-4-9-16(22-13)11-20(3)17(21)12-19(2)10-14-5-7-15(18)8-6-14/h4-9H,10-12H2,1-3H3. The van der Waals surface area contributed by atoms with Crippen LogP contribution in [0, 0.1) is 6.92 Å². The quantitative estimate of drug-likeness (QED) is 0.787. The van der Waals surface area contributed by atoms with Crippen LogP contribution in [-0.4, -0.2) is 36.3 Å². The largest absolute Gasteiger partial charge is 0.464 e. The molecule has 22 heavy (non-hydrogen) atoms. The van der Waals surface area contributed by atoms with Crippen molar-refractivity contribution in [3.63, 3.8) is 0 Å². The van der Waals surface area contributed by atoms with E-state index in [9.17, 15) is 4.79 Å². The molecule has 0 N–H and O–H groups in total.